The second-order valence-electron chi connectivity index (χ2n) is 33.0. The fraction of sp³-hybridized carbons (Fsp3) is 0.954. The van der Waals surface area contributed by atoms with Gasteiger partial charge in [0, 0.05) is 25.7 Å². The van der Waals surface area contributed by atoms with Crippen molar-refractivity contribution in [1.29, 1.82) is 0 Å². The third kappa shape index (κ3) is 78.7. The molecular formula is C87H170O17P2. The molecule has 0 fully saturated rings. The normalized spacial score (nSPS) is 14.2. The van der Waals surface area contributed by atoms with Gasteiger partial charge in [-0.3, -0.25) is 37.3 Å². The van der Waals surface area contributed by atoms with Gasteiger partial charge in [-0.15, -0.1) is 0 Å². The molecule has 0 radical (unpaired) electrons. The number of phosphoric ester groups is 2. The van der Waals surface area contributed by atoms with Crippen LogP contribution in [0.25, 0.3) is 0 Å². The van der Waals surface area contributed by atoms with E-state index in [1.54, 1.807) is 0 Å². The molecule has 0 aliphatic rings. The van der Waals surface area contributed by atoms with E-state index in [1.807, 2.05) is 0 Å². The zero-order valence-electron chi connectivity index (χ0n) is 70.1. The van der Waals surface area contributed by atoms with Crippen LogP contribution in [0, 0.1) is 23.7 Å². The van der Waals surface area contributed by atoms with E-state index in [0.29, 0.717) is 31.6 Å². The Morgan fingerprint density at radius 3 is 0.670 bits per heavy atom. The van der Waals surface area contributed by atoms with Crippen molar-refractivity contribution < 1.29 is 80.2 Å². The Balaban J connectivity index is 5.22. The lowest BCUT2D eigenvalue weighted by molar-refractivity contribution is -0.161. The lowest BCUT2D eigenvalue weighted by Gasteiger charge is -2.21. The minimum absolute atomic E-state index is 0.107. The van der Waals surface area contributed by atoms with Crippen molar-refractivity contribution in [3.63, 3.8) is 0 Å². The van der Waals surface area contributed by atoms with Crippen molar-refractivity contribution in [3.05, 3.63) is 0 Å². The van der Waals surface area contributed by atoms with Gasteiger partial charge in [0.05, 0.1) is 26.4 Å². The van der Waals surface area contributed by atoms with Gasteiger partial charge in [-0.2, -0.15) is 0 Å². The summed E-state index contributed by atoms with van der Waals surface area (Å²) in [6.07, 6.45) is 65.3. The van der Waals surface area contributed by atoms with Crippen LogP contribution in [-0.2, 0) is 65.4 Å². The molecule has 0 aliphatic heterocycles. The van der Waals surface area contributed by atoms with Crippen LogP contribution < -0.4 is 0 Å². The van der Waals surface area contributed by atoms with Crippen molar-refractivity contribution in [2.45, 2.75) is 472 Å². The predicted molar refractivity (Wildman–Crippen MR) is 437 cm³/mol. The molecule has 0 aliphatic carbocycles. The molecule has 6 atom stereocenters. The van der Waals surface area contributed by atoms with Gasteiger partial charge in [-0.25, -0.2) is 9.13 Å². The first-order valence-corrected chi connectivity index (χ1v) is 47.7. The standard InChI is InChI=1S/C87H170O17P2/c1-9-80(8)66-58-50-42-34-28-22-17-19-25-31-37-45-54-62-70-87(92)104-83(74-98-85(90)68-60-52-46-38-41-49-57-65-79(6)7)76-102-106(95,96)100-72-81(88)71-99-105(93,94)101-75-82(103-86(91)69-61-53-44-36-30-24-18-16-21-27-33-40-48-56-64-78(4)5)73-97-84(89)67-59-51-43-35-29-23-15-13-11-10-12-14-20-26-32-39-47-55-63-77(2)3/h77-83,88H,9-76H2,1-8H3,(H,93,94)(H,95,96)/t80?,81?,82-,83-/m1/s1. The molecule has 0 amide bonds. The Hall–Kier alpha value is -1.94. The highest BCUT2D eigenvalue weighted by atomic mass is 31.2. The number of unbranched alkanes of at least 4 members (excludes halogenated alkanes) is 49. The number of aliphatic hydroxyl groups excluding tert-OH is 1. The number of aliphatic hydroxyl groups is 1. The number of phosphoric acid groups is 2. The molecule has 19 heteroatoms. The summed E-state index contributed by atoms with van der Waals surface area (Å²) in [4.78, 5) is 73.2. The van der Waals surface area contributed by atoms with E-state index < -0.39 is 97.5 Å². The van der Waals surface area contributed by atoms with Crippen molar-refractivity contribution in [3.8, 4) is 0 Å². The summed E-state index contributed by atoms with van der Waals surface area (Å²) in [6.45, 7) is 14.3. The smallest absolute Gasteiger partial charge is 0.462 e. The monoisotopic (exact) mass is 1550 g/mol. The van der Waals surface area contributed by atoms with E-state index in [1.165, 1.54) is 250 Å². The van der Waals surface area contributed by atoms with E-state index in [9.17, 15) is 43.2 Å². The average Bonchev–Trinajstić information content (AvgIpc) is 0.900. The molecule has 0 aromatic rings. The fourth-order valence-electron chi connectivity index (χ4n) is 13.5. The van der Waals surface area contributed by atoms with Crippen LogP contribution in [0.3, 0.4) is 0 Å². The highest BCUT2D eigenvalue weighted by Gasteiger charge is 2.31. The molecule has 0 bridgehead atoms. The van der Waals surface area contributed by atoms with E-state index in [2.05, 4.69) is 55.4 Å². The zero-order chi connectivity index (χ0) is 78.1. The van der Waals surface area contributed by atoms with Gasteiger partial charge in [-0.05, 0) is 49.4 Å². The average molecular weight is 1550 g/mol. The second kappa shape index (κ2) is 75.7. The van der Waals surface area contributed by atoms with Gasteiger partial charge in [0.2, 0.25) is 0 Å². The van der Waals surface area contributed by atoms with E-state index in [0.717, 1.165) is 114 Å². The Morgan fingerprint density at radius 2 is 0.453 bits per heavy atom. The summed E-state index contributed by atoms with van der Waals surface area (Å²) in [6, 6.07) is 0. The fourth-order valence-corrected chi connectivity index (χ4v) is 15.0. The molecular weight excluding hydrogens is 1380 g/mol. The number of carbonyl (C=O) groups is 4. The maximum absolute atomic E-state index is 13.1. The highest BCUT2D eigenvalue weighted by molar-refractivity contribution is 7.47. The molecule has 0 spiro atoms. The molecule has 630 valence electrons. The summed E-state index contributed by atoms with van der Waals surface area (Å²) >= 11 is 0. The van der Waals surface area contributed by atoms with Crippen LogP contribution in [0.2, 0.25) is 0 Å². The lowest BCUT2D eigenvalue weighted by atomic mass is 9.99. The topological polar surface area (TPSA) is 237 Å². The number of hydrogen-bond donors (Lipinski definition) is 3. The number of rotatable bonds is 84. The molecule has 0 rings (SSSR count). The van der Waals surface area contributed by atoms with Crippen LogP contribution in [0.5, 0.6) is 0 Å². The van der Waals surface area contributed by atoms with Gasteiger partial charge < -0.3 is 33.8 Å². The Morgan fingerprint density at radius 1 is 0.264 bits per heavy atom. The van der Waals surface area contributed by atoms with Crippen LogP contribution >= 0.6 is 15.6 Å². The number of esters is 4. The van der Waals surface area contributed by atoms with Gasteiger partial charge in [0.25, 0.3) is 0 Å². The quantitative estimate of drug-likeness (QED) is 0.0222. The summed E-state index contributed by atoms with van der Waals surface area (Å²) in [5.74, 6) is 1.06. The summed E-state index contributed by atoms with van der Waals surface area (Å²) in [7, 11) is -9.93. The van der Waals surface area contributed by atoms with Gasteiger partial charge in [0.15, 0.2) is 12.2 Å². The summed E-state index contributed by atoms with van der Waals surface area (Å²) in [5, 5.41) is 10.7. The van der Waals surface area contributed by atoms with Gasteiger partial charge in [-0.1, -0.05) is 402 Å². The molecule has 3 N–H and O–H groups in total. The Bertz CT molecular complexity index is 2060. The van der Waals surface area contributed by atoms with Crippen molar-refractivity contribution in [2.24, 2.45) is 23.7 Å². The molecule has 0 saturated heterocycles. The van der Waals surface area contributed by atoms with Crippen molar-refractivity contribution in [2.75, 3.05) is 39.6 Å². The van der Waals surface area contributed by atoms with E-state index in [4.69, 9.17) is 37.0 Å². The second-order valence-corrected chi connectivity index (χ2v) is 35.9. The first kappa shape index (κ1) is 104. The summed E-state index contributed by atoms with van der Waals surface area (Å²) in [5.41, 5.74) is 0. The van der Waals surface area contributed by atoms with E-state index >= 15 is 0 Å². The number of hydrogen-bond acceptors (Lipinski definition) is 15. The van der Waals surface area contributed by atoms with Crippen LogP contribution in [0.4, 0.5) is 0 Å². The van der Waals surface area contributed by atoms with Crippen molar-refractivity contribution >= 4 is 39.5 Å². The van der Waals surface area contributed by atoms with Gasteiger partial charge >= 0.3 is 39.5 Å². The lowest BCUT2D eigenvalue weighted by Crippen LogP contribution is -2.30. The summed E-state index contributed by atoms with van der Waals surface area (Å²) < 4.78 is 68.9. The molecule has 0 saturated carbocycles. The maximum atomic E-state index is 13.1. The number of carbonyl (C=O) groups excluding carboxylic acids is 4. The zero-order valence-corrected chi connectivity index (χ0v) is 71.9. The van der Waals surface area contributed by atoms with Gasteiger partial charge in [0.1, 0.15) is 19.3 Å². The van der Waals surface area contributed by atoms with E-state index in [-0.39, 0.29) is 25.7 Å². The van der Waals surface area contributed by atoms with Crippen LogP contribution in [0.1, 0.15) is 453 Å². The minimum Gasteiger partial charge on any atom is -0.462 e. The molecule has 106 heavy (non-hydrogen) atoms. The van der Waals surface area contributed by atoms with Crippen LogP contribution in [-0.4, -0.2) is 96.7 Å². The number of ether oxygens (including phenoxy) is 4. The highest BCUT2D eigenvalue weighted by Crippen LogP contribution is 2.45. The maximum Gasteiger partial charge on any atom is 0.472 e. The third-order valence-corrected chi connectivity index (χ3v) is 22.6. The molecule has 0 aromatic heterocycles. The Labute approximate surface area is 651 Å². The largest absolute Gasteiger partial charge is 0.472 e. The van der Waals surface area contributed by atoms with Crippen LogP contribution in [0.15, 0.2) is 0 Å². The molecule has 17 nitrogen and oxygen atoms in total. The third-order valence-electron chi connectivity index (χ3n) is 20.7. The SMILES string of the molecule is CCC(C)CCCCCCCCCCCCCCCCC(=O)O[C@H](COC(=O)CCCCCCCCCC(C)C)COP(=O)(O)OCC(O)COP(=O)(O)OC[C@@H](COC(=O)CCCCCCCCCCCCCCCCCCCCC(C)C)OC(=O)CCCCCCCCCCCCCCCCC(C)C. The van der Waals surface area contributed by atoms with Crippen molar-refractivity contribution in [1.82, 2.24) is 0 Å². The predicted octanol–water partition coefficient (Wildman–Crippen LogP) is 26.3. The minimum atomic E-state index is -4.97. The Kier molecular flexibility index (Phi) is 74.3. The molecule has 0 heterocycles. The first-order chi connectivity index (χ1) is 51.1. The molecule has 4 unspecified atom stereocenters. The molecule has 0 aromatic carbocycles. The first-order valence-electron chi connectivity index (χ1n) is 44.7.